The molecule has 3 nitrogen and oxygen atoms in total. The summed E-state index contributed by atoms with van der Waals surface area (Å²) in [5.41, 5.74) is 6.24. The second-order valence-corrected chi connectivity index (χ2v) is 2.99. The molecule has 0 aromatic carbocycles. The summed E-state index contributed by atoms with van der Waals surface area (Å²) in [5, 5.41) is 3.16. The summed E-state index contributed by atoms with van der Waals surface area (Å²) in [6.07, 6.45) is 1.21. The Kier molecular flexibility index (Phi) is 3.79. The summed E-state index contributed by atoms with van der Waals surface area (Å²) >= 11 is 0. The van der Waals surface area contributed by atoms with Crippen molar-refractivity contribution in [3.63, 3.8) is 0 Å². The second kappa shape index (κ2) is 4.89. The van der Waals surface area contributed by atoms with E-state index >= 15 is 0 Å². The van der Waals surface area contributed by atoms with Crippen molar-refractivity contribution < 1.29 is 4.39 Å². The Labute approximate surface area is 77.2 Å². The highest BCUT2D eigenvalue weighted by atomic mass is 19.1. The molecular formula is C9H14FN3. The normalized spacial score (nSPS) is 12.8. The summed E-state index contributed by atoms with van der Waals surface area (Å²) in [4.78, 5) is 3.91. The number of hydrogen-bond donors (Lipinski definition) is 2. The van der Waals surface area contributed by atoms with Gasteiger partial charge in [-0.25, -0.2) is 4.39 Å². The molecule has 0 bridgehead atoms. The highest BCUT2D eigenvalue weighted by Crippen LogP contribution is 1.97. The van der Waals surface area contributed by atoms with Crippen molar-refractivity contribution in [1.82, 2.24) is 10.3 Å². The molecule has 1 aromatic rings. The molecule has 13 heavy (non-hydrogen) atoms. The van der Waals surface area contributed by atoms with E-state index in [-0.39, 0.29) is 11.9 Å². The van der Waals surface area contributed by atoms with Crippen LogP contribution in [0.25, 0.3) is 0 Å². The molecule has 0 fully saturated rings. The number of pyridine rings is 1. The van der Waals surface area contributed by atoms with Crippen molar-refractivity contribution in [2.75, 3.05) is 6.54 Å². The van der Waals surface area contributed by atoms with Crippen LogP contribution < -0.4 is 11.1 Å². The van der Waals surface area contributed by atoms with Gasteiger partial charge in [0.25, 0.3) is 0 Å². The summed E-state index contributed by atoms with van der Waals surface area (Å²) in [6.45, 7) is 3.20. The molecule has 72 valence electrons. The number of nitrogens with one attached hydrogen (secondary N) is 1. The van der Waals surface area contributed by atoms with Gasteiger partial charge in [-0.3, -0.25) is 4.98 Å². The van der Waals surface area contributed by atoms with E-state index in [4.69, 9.17) is 5.73 Å². The molecule has 3 N–H and O–H groups in total. The number of hydrogen-bond acceptors (Lipinski definition) is 3. The zero-order valence-electron chi connectivity index (χ0n) is 7.63. The van der Waals surface area contributed by atoms with Gasteiger partial charge >= 0.3 is 0 Å². The molecule has 1 atom stereocenters. The van der Waals surface area contributed by atoms with Crippen molar-refractivity contribution in [3.8, 4) is 0 Å². The van der Waals surface area contributed by atoms with Gasteiger partial charge in [0.1, 0.15) is 5.82 Å². The maximum absolute atomic E-state index is 12.4. The first-order valence-corrected chi connectivity index (χ1v) is 4.26. The first-order valence-electron chi connectivity index (χ1n) is 4.26. The average Bonchev–Trinajstić information content (AvgIpc) is 2.16. The molecule has 0 amide bonds. The molecular weight excluding hydrogens is 169 g/mol. The Hall–Kier alpha value is -1.00. The smallest absolute Gasteiger partial charge is 0.141 e. The van der Waals surface area contributed by atoms with E-state index < -0.39 is 0 Å². The molecule has 1 rings (SSSR count). The predicted octanol–water partition coefficient (Wildman–Crippen LogP) is 0.657. The minimum atomic E-state index is -0.310. The van der Waals surface area contributed by atoms with E-state index in [1.54, 1.807) is 6.07 Å². The number of nitrogens with zero attached hydrogens (tertiary/aromatic N) is 1. The third-order valence-corrected chi connectivity index (χ3v) is 1.77. The third kappa shape index (κ3) is 3.48. The monoisotopic (exact) mass is 183 g/mol. The molecule has 0 saturated carbocycles. The quantitative estimate of drug-likeness (QED) is 0.721. The van der Waals surface area contributed by atoms with Gasteiger partial charge in [-0.15, -0.1) is 0 Å². The van der Waals surface area contributed by atoms with Crippen LogP contribution in [-0.4, -0.2) is 17.6 Å². The van der Waals surface area contributed by atoms with Gasteiger partial charge < -0.3 is 11.1 Å². The number of halogens is 1. The predicted molar refractivity (Wildman–Crippen MR) is 49.6 cm³/mol. The Balaban J connectivity index is 2.41. The number of aromatic nitrogens is 1. The standard InChI is InChI=1S/C9H14FN3/c1-7(4-11)12-6-9-3-2-8(10)5-13-9/h2-3,5,7,12H,4,6,11H2,1H3. The molecule has 0 aliphatic rings. The first kappa shape index (κ1) is 10.1. The fourth-order valence-electron chi connectivity index (χ4n) is 0.873. The van der Waals surface area contributed by atoms with Crippen molar-refractivity contribution in [1.29, 1.82) is 0 Å². The number of nitrogens with two attached hydrogens (primary N) is 1. The van der Waals surface area contributed by atoms with Crippen LogP contribution in [0.3, 0.4) is 0 Å². The largest absolute Gasteiger partial charge is 0.329 e. The third-order valence-electron chi connectivity index (χ3n) is 1.77. The van der Waals surface area contributed by atoms with E-state index in [2.05, 4.69) is 10.3 Å². The Morgan fingerprint density at radius 2 is 2.38 bits per heavy atom. The maximum atomic E-state index is 12.4. The number of rotatable bonds is 4. The van der Waals surface area contributed by atoms with E-state index in [0.717, 1.165) is 5.69 Å². The van der Waals surface area contributed by atoms with Gasteiger partial charge in [0.15, 0.2) is 0 Å². The lowest BCUT2D eigenvalue weighted by atomic mass is 10.3. The fourth-order valence-corrected chi connectivity index (χ4v) is 0.873. The van der Waals surface area contributed by atoms with Gasteiger partial charge in [-0.2, -0.15) is 0 Å². The average molecular weight is 183 g/mol. The summed E-state index contributed by atoms with van der Waals surface area (Å²) < 4.78 is 12.4. The topological polar surface area (TPSA) is 50.9 Å². The summed E-state index contributed by atoms with van der Waals surface area (Å²) in [6, 6.07) is 3.31. The van der Waals surface area contributed by atoms with E-state index in [9.17, 15) is 4.39 Å². The van der Waals surface area contributed by atoms with Crippen molar-refractivity contribution in [3.05, 3.63) is 29.8 Å². The minimum Gasteiger partial charge on any atom is -0.329 e. The van der Waals surface area contributed by atoms with Crippen LogP contribution in [0.15, 0.2) is 18.3 Å². The van der Waals surface area contributed by atoms with Crippen molar-refractivity contribution >= 4 is 0 Å². The van der Waals surface area contributed by atoms with E-state index in [1.165, 1.54) is 12.3 Å². The van der Waals surface area contributed by atoms with Crippen LogP contribution >= 0.6 is 0 Å². The van der Waals surface area contributed by atoms with Crippen LogP contribution in [0.5, 0.6) is 0 Å². The molecule has 0 saturated heterocycles. The highest BCUT2D eigenvalue weighted by Gasteiger charge is 1.99. The van der Waals surface area contributed by atoms with Gasteiger partial charge in [0.2, 0.25) is 0 Å². The second-order valence-electron chi connectivity index (χ2n) is 2.99. The van der Waals surface area contributed by atoms with Gasteiger partial charge in [0, 0.05) is 19.1 Å². The maximum Gasteiger partial charge on any atom is 0.141 e. The molecule has 4 heteroatoms. The van der Waals surface area contributed by atoms with Crippen molar-refractivity contribution in [2.45, 2.75) is 19.5 Å². The first-order chi connectivity index (χ1) is 6.22. The van der Waals surface area contributed by atoms with Gasteiger partial charge in [-0.1, -0.05) is 0 Å². The lowest BCUT2D eigenvalue weighted by Gasteiger charge is -2.09. The fraction of sp³-hybridized carbons (Fsp3) is 0.444. The highest BCUT2D eigenvalue weighted by molar-refractivity contribution is 5.04. The van der Waals surface area contributed by atoms with E-state index in [0.29, 0.717) is 13.1 Å². The van der Waals surface area contributed by atoms with Gasteiger partial charge in [0.05, 0.1) is 11.9 Å². The van der Waals surface area contributed by atoms with Crippen molar-refractivity contribution in [2.24, 2.45) is 5.73 Å². The Morgan fingerprint density at radius 3 is 2.92 bits per heavy atom. The zero-order valence-corrected chi connectivity index (χ0v) is 7.63. The zero-order chi connectivity index (χ0) is 9.68. The molecule has 0 spiro atoms. The Bertz CT molecular complexity index is 248. The van der Waals surface area contributed by atoms with Crippen LogP contribution in [0.1, 0.15) is 12.6 Å². The summed E-state index contributed by atoms with van der Waals surface area (Å²) in [7, 11) is 0. The molecule has 1 heterocycles. The SMILES string of the molecule is CC(CN)NCc1ccc(F)cn1. The van der Waals surface area contributed by atoms with Gasteiger partial charge in [-0.05, 0) is 19.1 Å². The molecule has 0 radical (unpaired) electrons. The molecule has 0 aliphatic carbocycles. The summed E-state index contributed by atoms with van der Waals surface area (Å²) in [5.74, 6) is -0.310. The Morgan fingerprint density at radius 1 is 1.62 bits per heavy atom. The van der Waals surface area contributed by atoms with Crippen LogP contribution in [0.2, 0.25) is 0 Å². The van der Waals surface area contributed by atoms with Crippen LogP contribution in [0, 0.1) is 5.82 Å². The molecule has 1 unspecified atom stereocenters. The minimum absolute atomic E-state index is 0.256. The van der Waals surface area contributed by atoms with E-state index in [1.807, 2.05) is 6.92 Å². The van der Waals surface area contributed by atoms with Crippen LogP contribution in [-0.2, 0) is 6.54 Å². The molecule has 1 aromatic heterocycles. The molecule has 0 aliphatic heterocycles. The lowest BCUT2D eigenvalue weighted by Crippen LogP contribution is -2.32. The lowest BCUT2D eigenvalue weighted by molar-refractivity contribution is 0.548. The van der Waals surface area contributed by atoms with Crippen LogP contribution in [0.4, 0.5) is 4.39 Å².